The molecule has 2 aliphatic carbocycles. The van der Waals surface area contributed by atoms with Crippen LogP contribution < -0.4 is 5.73 Å². The maximum atomic E-state index is 12.2. The minimum Gasteiger partial charge on any atom is -0.392 e. The van der Waals surface area contributed by atoms with E-state index in [1.165, 1.54) is 4.90 Å². The molecular weight excluding hydrogens is 302 g/mol. The number of amides is 1. The molecule has 3 unspecified atom stereocenters. The van der Waals surface area contributed by atoms with E-state index in [1.54, 1.807) is 7.05 Å². The normalized spacial score (nSPS) is 33.2. The second-order valence-electron chi connectivity index (χ2n) is 6.99. The van der Waals surface area contributed by atoms with Crippen LogP contribution in [0.25, 0.3) is 0 Å². The molecule has 0 spiro atoms. The fraction of sp³-hybridized carbons (Fsp3) is 0.474. The van der Waals surface area contributed by atoms with Gasteiger partial charge in [0.15, 0.2) is 5.96 Å². The number of carbonyl (C=O) groups is 1. The van der Waals surface area contributed by atoms with Crippen LogP contribution >= 0.6 is 0 Å². The highest BCUT2D eigenvalue weighted by Gasteiger charge is 2.38. The Morgan fingerprint density at radius 1 is 1.38 bits per heavy atom. The van der Waals surface area contributed by atoms with E-state index in [9.17, 15) is 9.90 Å². The van der Waals surface area contributed by atoms with Crippen molar-refractivity contribution in [2.24, 2.45) is 22.6 Å². The van der Waals surface area contributed by atoms with E-state index in [4.69, 9.17) is 5.73 Å². The Morgan fingerprint density at radius 2 is 2.17 bits per heavy atom. The number of guanidine groups is 1. The van der Waals surface area contributed by atoms with Crippen LogP contribution in [0.15, 0.2) is 52.6 Å². The lowest BCUT2D eigenvalue weighted by Gasteiger charge is -2.36. The standard InChI is InChI=1S/C19H25N3O2/c1-19(11-17(24)22(2)18(20)21-19)16-5-3-4-15(10-16)14-8-6-13(12-23)7-9-14/h3,5-8,10,14-15,23H,4,9,11-12H2,1-2H3,(H2,20,21). The molecule has 24 heavy (non-hydrogen) atoms. The monoisotopic (exact) mass is 327 g/mol. The van der Waals surface area contributed by atoms with Gasteiger partial charge in [0.2, 0.25) is 5.91 Å². The smallest absolute Gasteiger partial charge is 0.231 e. The number of carbonyl (C=O) groups excluding carboxylic acids is 1. The molecule has 0 bridgehead atoms. The Labute approximate surface area is 142 Å². The first-order chi connectivity index (χ1) is 11.4. The topological polar surface area (TPSA) is 78.9 Å². The summed E-state index contributed by atoms with van der Waals surface area (Å²) in [6.07, 6.45) is 15.0. The minimum atomic E-state index is -0.590. The molecule has 128 valence electrons. The van der Waals surface area contributed by atoms with Gasteiger partial charge >= 0.3 is 0 Å². The number of aliphatic imine (C=N–C) groups is 1. The molecule has 3 N–H and O–H groups in total. The van der Waals surface area contributed by atoms with Crippen LogP contribution in [0, 0.1) is 11.8 Å². The van der Waals surface area contributed by atoms with Crippen molar-refractivity contribution in [3.8, 4) is 0 Å². The molecular formula is C19H25N3O2. The van der Waals surface area contributed by atoms with Crippen molar-refractivity contribution in [3.63, 3.8) is 0 Å². The van der Waals surface area contributed by atoms with Gasteiger partial charge in [-0.1, -0.05) is 36.5 Å². The van der Waals surface area contributed by atoms with Gasteiger partial charge in [-0.2, -0.15) is 0 Å². The van der Waals surface area contributed by atoms with Crippen molar-refractivity contribution in [2.75, 3.05) is 13.7 Å². The van der Waals surface area contributed by atoms with E-state index in [2.05, 4.69) is 35.4 Å². The van der Waals surface area contributed by atoms with Gasteiger partial charge in [-0.25, -0.2) is 4.99 Å². The summed E-state index contributed by atoms with van der Waals surface area (Å²) in [6.45, 7) is 2.07. The highest BCUT2D eigenvalue weighted by molar-refractivity contribution is 5.99. The van der Waals surface area contributed by atoms with E-state index in [1.807, 2.05) is 13.0 Å². The number of nitrogens with zero attached hydrogens (tertiary/aromatic N) is 2. The predicted octanol–water partition coefficient (Wildman–Crippen LogP) is 1.92. The third-order valence-corrected chi connectivity index (χ3v) is 5.24. The van der Waals surface area contributed by atoms with Crippen LogP contribution in [-0.4, -0.2) is 41.1 Å². The summed E-state index contributed by atoms with van der Waals surface area (Å²) < 4.78 is 0. The number of allylic oxidation sites excluding steroid dienone is 4. The van der Waals surface area contributed by atoms with Crippen molar-refractivity contribution in [2.45, 2.75) is 31.7 Å². The largest absolute Gasteiger partial charge is 0.392 e. The Balaban J connectivity index is 1.83. The number of nitrogens with two attached hydrogens (primary N) is 1. The van der Waals surface area contributed by atoms with E-state index >= 15 is 0 Å². The number of aliphatic hydroxyl groups excluding tert-OH is 1. The highest BCUT2D eigenvalue weighted by Crippen LogP contribution is 2.37. The molecule has 5 heteroatoms. The van der Waals surface area contributed by atoms with Gasteiger partial charge in [0.05, 0.1) is 18.6 Å². The zero-order chi connectivity index (χ0) is 17.3. The second kappa shape index (κ2) is 6.40. The van der Waals surface area contributed by atoms with Gasteiger partial charge in [-0.05, 0) is 42.7 Å². The van der Waals surface area contributed by atoms with Gasteiger partial charge in [-0.15, -0.1) is 0 Å². The van der Waals surface area contributed by atoms with Gasteiger partial charge in [-0.3, -0.25) is 9.69 Å². The average Bonchev–Trinajstić information content (AvgIpc) is 2.60. The molecule has 1 heterocycles. The summed E-state index contributed by atoms with van der Waals surface area (Å²) in [5.41, 5.74) is 7.37. The van der Waals surface area contributed by atoms with Crippen molar-refractivity contribution in [3.05, 3.63) is 47.6 Å². The zero-order valence-corrected chi connectivity index (χ0v) is 14.3. The summed E-state index contributed by atoms with van der Waals surface area (Å²) in [6, 6.07) is 0. The molecule has 0 aromatic rings. The maximum Gasteiger partial charge on any atom is 0.231 e. The molecule has 5 nitrogen and oxygen atoms in total. The predicted molar refractivity (Wildman–Crippen MR) is 95.2 cm³/mol. The fourth-order valence-corrected chi connectivity index (χ4v) is 3.55. The third kappa shape index (κ3) is 3.08. The second-order valence-corrected chi connectivity index (χ2v) is 6.99. The van der Waals surface area contributed by atoms with Gasteiger partial charge < -0.3 is 10.8 Å². The number of aliphatic hydroxyl groups is 1. The average molecular weight is 327 g/mol. The number of hydrogen-bond donors (Lipinski definition) is 2. The summed E-state index contributed by atoms with van der Waals surface area (Å²) >= 11 is 0. The SMILES string of the molecule is CN1C(=O)CC(C)(C2=CC(C3C=CC(CO)=CC3)CC=C2)N=C1N. The lowest BCUT2D eigenvalue weighted by atomic mass is 9.76. The molecule has 1 aliphatic heterocycles. The Bertz CT molecular complexity index is 687. The molecule has 0 saturated heterocycles. The molecule has 0 fully saturated rings. The Kier molecular flexibility index (Phi) is 4.45. The van der Waals surface area contributed by atoms with Crippen molar-refractivity contribution in [1.82, 2.24) is 4.90 Å². The lowest BCUT2D eigenvalue weighted by Crippen LogP contribution is -2.49. The number of rotatable bonds is 3. The van der Waals surface area contributed by atoms with Crippen molar-refractivity contribution in [1.29, 1.82) is 0 Å². The number of hydrogen-bond acceptors (Lipinski definition) is 4. The van der Waals surface area contributed by atoms with Crippen LogP contribution in [0.3, 0.4) is 0 Å². The summed E-state index contributed by atoms with van der Waals surface area (Å²) in [7, 11) is 1.66. The van der Waals surface area contributed by atoms with Gasteiger partial charge in [0, 0.05) is 7.05 Å². The first kappa shape index (κ1) is 16.7. The summed E-state index contributed by atoms with van der Waals surface area (Å²) in [5.74, 6) is 1.06. The van der Waals surface area contributed by atoms with Crippen LogP contribution in [0.1, 0.15) is 26.2 Å². The van der Waals surface area contributed by atoms with E-state index in [0.29, 0.717) is 18.3 Å². The Hall–Kier alpha value is -2.14. The molecule has 0 radical (unpaired) electrons. The maximum absolute atomic E-state index is 12.2. The zero-order valence-electron chi connectivity index (χ0n) is 14.3. The van der Waals surface area contributed by atoms with E-state index in [-0.39, 0.29) is 18.5 Å². The van der Waals surface area contributed by atoms with E-state index in [0.717, 1.165) is 24.0 Å². The Morgan fingerprint density at radius 3 is 2.79 bits per heavy atom. The molecule has 0 aromatic carbocycles. The molecule has 3 aliphatic rings. The van der Waals surface area contributed by atoms with Crippen molar-refractivity contribution >= 4 is 11.9 Å². The lowest BCUT2D eigenvalue weighted by molar-refractivity contribution is -0.128. The quantitative estimate of drug-likeness (QED) is 0.831. The minimum absolute atomic E-state index is 0.00509. The van der Waals surface area contributed by atoms with Crippen LogP contribution in [0.4, 0.5) is 0 Å². The van der Waals surface area contributed by atoms with Gasteiger partial charge in [0.25, 0.3) is 0 Å². The first-order valence-corrected chi connectivity index (χ1v) is 8.42. The molecule has 0 aromatic heterocycles. The van der Waals surface area contributed by atoms with E-state index < -0.39 is 5.54 Å². The highest BCUT2D eigenvalue weighted by atomic mass is 16.3. The fourth-order valence-electron chi connectivity index (χ4n) is 3.55. The molecule has 1 amide bonds. The van der Waals surface area contributed by atoms with Crippen LogP contribution in [-0.2, 0) is 4.79 Å². The molecule has 3 rings (SSSR count). The van der Waals surface area contributed by atoms with Crippen molar-refractivity contribution < 1.29 is 9.90 Å². The summed E-state index contributed by atoms with van der Waals surface area (Å²) in [5, 5.41) is 9.20. The van der Waals surface area contributed by atoms with Crippen LogP contribution in [0.2, 0.25) is 0 Å². The third-order valence-electron chi connectivity index (χ3n) is 5.24. The van der Waals surface area contributed by atoms with Gasteiger partial charge in [0.1, 0.15) is 0 Å². The van der Waals surface area contributed by atoms with Crippen LogP contribution in [0.5, 0.6) is 0 Å². The molecule has 0 saturated carbocycles. The molecule has 3 atom stereocenters. The first-order valence-electron chi connectivity index (χ1n) is 8.42. The summed E-state index contributed by atoms with van der Waals surface area (Å²) in [4.78, 5) is 18.2.